The van der Waals surface area contributed by atoms with Crippen molar-refractivity contribution in [1.82, 2.24) is 15.2 Å². The van der Waals surface area contributed by atoms with Crippen LogP contribution < -0.4 is 5.32 Å². The third kappa shape index (κ3) is 4.41. The molecule has 1 aromatic carbocycles. The molecule has 1 aliphatic rings. The molecule has 1 aromatic heterocycles. The summed E-state index contributed by atoms with van der Waals surface area (Å²) in [5.41, 5.74) is 0.0627. The molecular weight excluding hydrogens is 321 g/mol. The van der Waals surface area contributed by atoms with E-state index in [2.05, 4.69) is 15.2 Å². The Bertz CT molecular complexity index is 716. The van der Waals surface area contributed by atoms with Gasteiger partial charge in [0.25, 0.3) is 5.91 Å². The molecule has 2 aromatic rings. The first kappa shape index (κ1) is 17.5. The van der Waals surface area contributed by atoms with Gasteiger partial charge in [-0.25, -0.2) is 4.39 Å². The predicted molar refractivity (Wildman–Crippen MR) is 92.5 cm³/mol. The topological polar surface area (TPSA) is 65.5 Å². The number of rotatable bonds is 5. The highest BCUT2D eigenvalue weighted by atomic mass is 19.1. The van der Waals surface area contributed by atoms with Crippen molar-refractivity contribution in [2.45, 2.75) is 18.4 Å². The lowest BCUT2D eigenvalue weighted by Crippen LogP contribution is -2.45. The van der Waals surface area contributed by atoms with Gasteiger partial charge in [0.05, 0.1) is 5.60 Å². The van der Waals surface area contributed by atoms with E-state index in [1.165, 1.54) is 12.1 Å². The first-order valence-corrected chi connectivity index (χ1v) is 8.47. The van der Waals surface area contributed by atoms with E-state index in [0.717, 1.165) is 0 Å². The first-order chi connectivity index (χ1) is 12.1. The lowest BCUT2D eigenvalue weighted by atomic mass is 9.84. The van der Waals surface area contributed by atoms with Crippen molar-refractivity contribution >= 4 is 5.91 Å². The molecule has 1 amide bonds. The number of carbonyl (C=O) groups is 1. The fraction of sp³-hybridized carbons (Fsp3) is 0.368. The minimum absolute atomic E-state index is 0.186. The van der Waals surface area contributed by atoms with Crippen molar-refractivity contribution in [2.24, 2.45) is 0 Å². The number of halogens is 1. The fourth-order valence-electron chi connectivity index (χ4n) is 3.13. The van der Waals surface area contributed by atoms with Gasteiger partial charge in [0.15, 0.2) is 0 Å². The predicted octanol–water partition coefficient (Wildman–Crippen LogP) is 1.93. The minimum atomic E-state index is -0.976. The molecule has 0 bridgehead atoms. The molecule has 2 N–H and O–H groups in total. The van der Waals surface area contributed by atoms with Gasteiger partial charge in [-0.05, 0) is 42.7 Å². The van der Waals surface area contributed by atoms with Gasteiger partial charge in [-0.1, -0.05) is 18.2 Å². The number of aliphatic hydroxyl groups is 1. The van der Waals surface area contributed by atoms with E-state index in [1.54, 1.807) is 36.5 Å². The summed E-state index contributed by atoms with van der Waals surface area (Å²) >= 11 is 0. The van der Waals surface area contributed by atoms with Gasteiger partial charge in [0, 0.05) is 32.4 Å². The smallest absolute Gasteiger partial charge is 0.269 e. The number of nitrogens with zero attached hydrogens (tertiary/aromatic N) is 2. The number of hydrogen-bond donors (Lipinski definition) is 2. The van der Waals surface area contributed by atoms with Crippen molar-refractivity contribution in [1.29, 1.82) is 0 Å². The molecule has 0 radical (unpaired) electrons. The second-order valence-corrected chi connectivity index (χ2v) is 6.35. The van der Waals surface area contributed by atoms with Gasteiger partial charge in [0.1, 0.15) is 11.5 Å². The van der Waals surface area contributed by atoms with Crippen molar-refractivity contribution in [2.75, 3.05) is 26.2 Å². The largest absolute Gasteiger partial charge is 0.385 e. The molecule has 5 nitrogen and oxygen atoms in total. The van der Waals surface area contributed by atoms with Crippen LogP contribution >= 0.6 is 0 Å². The van der Waals surface area contributed by atoms with E-state index < -0.39 is 5.60 Å². The van der Waals surface area contributed by atoms with Gasteiger partial charge >= 0.3 is 0 Å². The number of nitrogens with one attached hydrogen (secondary N) is 1. The number of likely N-dealkylation sites (tertiary alicyclic amines) is 1. The minimum Gasteiger partial charge on any atom is -0.385 e. The SMILES string of the molecule is O=C(NCCN1CCC(O)(c2cccc(F)c2)CC1)c1ccccn1. The Labute approximate surface area is 146 Å². The zero-order chi connectivity index (χ0) is 17.7. The van der Waals surface area contributed by atoms with Gasteiger partial charge in [-0.2, -0.15) is 0 Å². The summed E-state index contributed by atoms with van der Waals surface area (Å²) in [5.74, 6) is -0.514. The number of piperidine rings is 1. The van der Waals surface area contributed by atoms with E-state index in [0.29, 0.717) is 50.3 Å². The van der Waals surface area contributed by atoms with Crippen LogP contribution in [0.2, 0.25) is 0 Å². The summed E-state index contributed by atoms with van der Waals surface area (Å²) in [6.45, 7) is 2.63. The van der Waals surface area contributed by atoms with Crippen LogP contribution in [0.4, 0.5) is 4.39 Å². The average Bonchev–Trinajstić information content (AvgIpc) is 2.64. The lowest BCUT2D eigenvalue weighted by molar-refractivity contribution is -0.0257. The summed E-state index contributed by atoms with van der Waals surface area (Å²) in [6, 6.07) is 11.4. The lowest BCUT2D eigenvalue weighted by Gasteiger charge is -2.38. The maximum Gasteiger partial charge on any atom is 0.269 e. The fourth-order valence-corrected chi connectivity index (χ4v) is 3.13. The third-order valence-electron chi connectivity index (χ3n) is 4.66. The molecular formula is C19H22FN3O2. The van der Waals surface area contributed by atoms with Crippen LogP contribution in [0.5, 0.6) is 0 Å². The summed E-state index contributed by atoms with van der Waals surface area (Å²) < 4.78 is 13.4. The molecule has 132 valence electrons. The summed E-state index contributed by atoms with van der Waals surface area (Å²) in [6.07, 6.45) is 2.68. The van der Waals surface area contributed by atoms with Crippen LogP contribution in [0.1, 0.15) is 28.9 Å². The molecule has 0 atom stereocenters. The van der Waals surface area contributed by atoms with E-state index in [-0.39, 0.29) is 11.7 Å². The van der Waals surface area contributed by atoms with Gasteiger partial charge in [0.2, 0.25) is 0 Å². The summed E-state index contributed by atoms with van der Waals surface area (Å²) in [7, 11) is 0. The zero-order valence-corrected chi connectivity index (χ0v) is 14.0. The molecule has 3 rings (SSSR count). The van der Waals surface area contributed by atoms with Crippen LogP contribution in [0.15, 0.2) is 48.7 Å². The van der Waals surface area contributed by atoms with Crippen LogP contribution in [0.3, 0.4) is 0 Å². The summed E-state index contributed by atoms with van der Waals surface area (Å²) in [5, 5.41) is 13.6. The zero-order valence-electron chi connectivity index (χ0n) is 14.0. The van der Waals surface area contributed by atoms with Crippen molar-refractivity contribution < 1.29 is 14.3 Å². The van der Waals surface area contributed by atoms with E-state index in [1.807, 2.05) is 0 Å². The van der Waals surface area contributed by atoms with E-state index in [4.69, 9.17) is 0 Å². The van der Waals surface area contributed by atoms with Crippen molar-refractivity contribution in [3.8, 4) is 0 Å². The van der Waals surface area contributed by atoms with Gasteiger partial charge < -0.3 is 15.3 Å². The molecule has 1 aliphatic heterocycles. The Morgan fingerprint density at radius 2 is 2.04 bits per heavy atom. The number of pyridine rings is 1. The Hall–Kier alpha value is -2.31. The Balaban J connectivity index is 1.46. The molecule has 6 heteroatoms. The molecule has 0 spiro atoms. The second-order valence-electron chi connectivity index (χ2n) is 6.35. The van der Waals surface area contributed by atoms with Gasteiger partial charge in [-0.15, -0.1) is 0 Å². The van der Waals surface area contributed by atoms with Crippen LogP contribution in [0.25, 0.3) is 0 Å². The average molecular weight is 343 g/mol. The number of amides is 1. The maximum atomic E-state index is 13.4. The quantitative estimate of drug-likeness (QED) is 0.871. The highest BCUT2D eigenvalue weighted by Crippen LogP contribution is 2.32. The number of aromatic nitrogens is 1. The maximum absolute atomic E-state index is 13.4. The van der Waals surface area contributed by atoms with Crippen molar-refractivity contribution in [3.05, 3.63) is 65.7 Å². The molecule has 0 aliphatic carbocycles. The highest BCUT2D eigenvalue weighted by Gasteiger charge is 2.33. The van der Waals surface area contributed by atoms with Crippen LogP contribution in [-0.4, -0.2) is 47.1 Å². The third-order valence-corrected chi connectivity index (χ3v) is 4.66. The van der Waals surface area contributed by atoms with Crippen LogP contribution in [-0.2, 0) is 5.60 Å². The molecule has 1 fully saturated rings. The molecule has 25 heavy (non-hydrogen) atoms. The van der Waals surface area contributed by atoms with Crippen molar-refractivity contribution in [3.63, 3.8) is 0 Å². The molecule has 1 saturated heterocycles. The van der Waals surface area contributed by atoms with Crippen LogP contribution in [0, 0.1) is 5.82 Å². The highest BCUT2D eigenvalue weighted by molar-refractivity contribution is 5.92. The molecule has 0 unspecified atom stereocenters. The summed E-state index contributed by atoms with van der Waals surface area (Å²) in [4.78, 5) is 18.1. The first-order valence-electron chi connectivity index (χ1n) is 8.47. The number of benzene rings is 1. The molecule has 0 saturated carbocycles. The monoisotopic (exact) mass is 343 g/mol. The number of hydrogen-bond acceptors (Lipinski definition) is 4. The standard InChI is InChI=1S/C19H22FN3O2/c20-16-5-3-4-15(14-16)19(25)7-11-23(12-8-19)13-10-22-18(24)17-6-1-2-9-21-17/h1-6,9,14,25H,7-8,10-13H2,(H,22,24). The molecule has 2 heterocycles. The Kier molecular flexibility index (Phi) is 5.40. The van der Waals surface area contributed by atoms with E-state index in [9.17, 15) is 14.3 Å². The second kappa shape index (κ2) is 7.72. The number of carbonyl (C=O) groups excluding carboxylic acids is 1. The Morgan fingerprint density at radius 3 is 2.72 bits per heavy atom. The van der Waals surface area contributed by atoms with E-state index >= 15 is 0 Å². The normalized spacial score (nSPS) is 17.2. The Morgan fingerprint density at radius 1 is 1.24 bits per heavy atom. The van der Waals surface area contributed by atoms with Gasteiger partial charge in [-0.3, -0.25) is 9.78 Å².